The Morgan fingerprint density at radius 1 is 1.25 bits per heavy atom. The van der Waals surface area contributed by atoms with E-state index >= 15 is 0 Å². The summed E-state index contributed by atoms with van der Waals surface area (Å²) in [5.41, 5.74) is 1.86. The molecule has 0 N–H and O–H groups in total. The summed E-state index contributed by atoms with van der Waals surface area (Å²) in [6.45, 7) is 4.41. The average molecular weight is 341 g/mol. The van der Waals surface area contributed by atoms with Crippen LogP contribution in [0.2, 0.25) is 0 Å². The van der Waals surface area contributed by atoms with Crippen LogP contribution in [0.3, 0.4) is 0 Å². The lowest BCUT2D eigenvalue weighted by Crippen LogP contribution is -2.33. The number of carbonyl (C=O) groups excluding carboxylic acids is 1. The highest BCUT2D eigenvalue weighted by Gasteiger charge is 2.15. The summed E-state index contributed by atoms with van der Waals surface area (Å²) in [4.78, 5) is 32.8. The first kappa shape index (κ1) is 16.4. The van der Waals surface area contributed by atoms with Crippen LogP contribution >= 0.6 is 11.3 Å². The number of carbonyl (C=O) groups is 1. The molecule has 0 aliphatic heterocycles. The van der Waals surface area contributed by atoms with Gasteiger partial charge in [0.05, 0.1) is 11.7 Å². The second kappa shape index (κ2) is 6.57. The number of rotatable bonds is 4. The molecular formula is C18H19N3O2S. The van der Waals surface area contributed by atoms with Crippen molar-refractivity contribution in [3.05, 3.63) is 63.0 Å². The molecule has 2 aromatic heterocycles. The standard InChI is InChI=1S/C18H19N3O2S/c1-12-13(2)24-17-16(12)18(23)21(11-19-17)10-15(22)20(3)9-14-7-5-4-6-8-14/h4-8,11H,9-10H2,1-3H3. The number of fused-ring (bicyclic) bond motifs is 1. The van der Waals surface area contributed by atoms with Crippen LogP contribution in [0.5, 0.6) is 0 Å². The zero-order valence-corrected chi connectivity index (χ0v) is 14.8. The van der Waals surface area contributed by atoms with Crippen LogP contribution in [-0.4, -0.2) is 27.4 Å². The lowest BCUT2D eigenvalue weighted by Gasteiger charge is -2.17. The highest BCUT2D eigenvalue weighted by Crippen LogP contribution is 2.25. The van der Waals surface area contributed by atoms with Crippen LogP contribution in [0.25, 0.3) is 10.2 Å². The number of amides is 1. The zero-order valence-electron chi connectivity index (χ0n) is 13.9. The van der Waals surface area contributed by atoms with Gasteiger partial charge in [-0.1, -0.05) is 30.3 Å². The number of aryl methyl sites for hydroxylation is 2. The van der Waals surface area contributed by atoms with Gasteiger partial charge in [-0.05, 0) is 25.0 Å². The molecule has 0 atom stereocenters. The number of likely N-dealkylation sites (N-methyl/N-ethyl adjacent to an activating group) is 1. The quantitative estimate of drug-likeness (QED) is 0.733. The number of hydrogen-bond donors (Lipinski definition) is 0. The third kappa shape index (κ3) is 3.10. The molecule has 0 bridgehead atoms. The van der Waals surface area contributed by atoms with Crippen molar-refractivity contribution < 1.29 is 4.79 Å². The Labute approximate surface area is 144 Å². The predicted molar refractivity (Wildman–Crippen MR) is 96.3 cm³/mol. The first-order valence-corrected chi connectivity index (χ1v) is 8.52. The van der Waals surface area contributed by atoms with E-state index in [1.807, 2.05) is 44.2 Å². The SMILES string of the molecule is Cc1sc2ncn(CC(=O)N(C)Cc3ccccc3)c(=O)c2c1C. The molecule has 5 nitrogen and oxygen atoms in total. The Hall–Kier alpha value is -2.47. The van der Waals surface area contributed by atoms with Crippen LogP contribution in [0.1, 0.15) is 16.0 Å². The van der Waals surface area contributed by atoms with Gasteiger partial charge in [0, 0.05) is 18.5 Å². The fraction of sp³-hybridized carbons (Fsp3) is 0.278. The summed E-state index contributed by atoms with van der Waals surface area (Å²) in [6, 6.07) is 9.77. The maximum atomic E-state index is 12.6. The van der Waals surface area contributed by atoms with E-state index in [9.17, 15) is 9.59 Å². The molecular weight excluding hydrogens is 322 g/mol. The minimum Gasteiger partial charge on any atom is -0.340 e. The first-order valence-electron chi connectivity index (χ1n) is 7.70. The van der Waals surface area contributed by atoms with E-state index in [1.165, 1.54) is 22.2 Å². The highest BCUT2D eigenvalue weighted by atomic mass is 32.1. The lowest BCUT2D eigenvalue weighted by molar-refractivity contribution is -0.131. The van der Waals surface area contributed by atoms with Crippen molar-refractivity contribution in [3.63, 3.8) is 0 Å². The molecule has 6 heteroatoms. The van der Waals surface area contributed by atoms with Gasteiger partial charge in [0.1, 0.15) is 11.4 Å². The molecule has 1 aromatic carbocycles. The Morgan fingerprint density at radius 3 is 2.67 bits per heavy atom. The molecule has 0 saturated heterocycles. The van der Waals surface area contributed by atoms with E-state index in [-0.39, 0.29) is 18.0 Å². The van der Waals surface area contributed by atoms with Crippen LogP contribution < -0.4 is 5.56 Å². The molecule has 1 amide bonds. The maximum Gasteiger partial charge on any atom is 0.262 e. The molecule has 124 valence electrons. The van der Waals surface area contributed by atoms with Crippen LogP contribution in [0.15, 0.2) is 41.5 Å². The molecule has 0 aliphatic carbocycles. The van der Waals surface area contributed by atoms with Crippen LogP contribution in [-0.2, 0) is 17.9 Å². The average Bonchev–Trinajstić information content (AvgIpc) is 2.86. The number of nitrogens with zero attached hydrogens (tertiary/aromatic N) is 3. The van der Waals surface area contributed by atoms with Crippen molar-refractivity contribution in [1.82, 2.24) is 14.5 Å². The van der Waals surface area contributed by atoms with Gasteiger partial charge in [-0.15, -0.1) is 11.3 Å². The third-order valence-corrected chi connectivity index (χ3v) is 5.27. The molecule has 0 saturated carbocycles. The number of benzene rings is 1. The number of aromatic nitrogens is 2. The molecule has 24 heavy (non-hydrogen) atoms. The Morgan fingerprint density at radius 2 is 1.96 bits per heavy atom. The van der Waals surface area contributed by atoms with Gasteiger partial charge in [-0.25, -0.2) is 4.98 Å². The highest BCUT2D eigenvalue weighted by molar-refractivity contribution is 7.18. The molecule has 2 heterocycles. The van der Waals surface area contributed by atoms with E-state index < -0.39 is 0 Å². The van der Waals surface area contributed by atoms with E-state index in [1.54, 1.807) is 11.9 Å². The Balaban J connectivity index is 1.81. The summed E-state index contributed by atoms with van der Waals surface area (Å²) in [5.74, 6) is -0.119. The largest absolute Gasteiger partial charge is 0.340 e. The lowest BCUT2D eigenvalue weighted by atomic mass is 10.2. The second-order valence-corrected chi connectivity index (χ2v) is 7.08. The van der Waals surface area contributed by atoms with E-state index in [0.717, 1.165) is 20.8 Å². The third-order valence-electron chi connectivity index (χ3n) is 4.15. The van der Waals surface area contributed by atoms with Crippen LogP contribution in [0, 0.1) is 13.8 Å². The summed E-state index contributed by atoms with van der Waals surface area (Å²) in [5, 5.41) is 0.624. The summed E-state index contributed by atoms with van der Waals surface area (Å²) < 4.78 is 1.39. The molecule has 3 aromatic rings. The van der Waals surface area contributed by atoms with Gasteiger partial charge in [-0.3, -0.25) is 14.2 Å². The zero-order chi connectivity index (χ0) is 17.3. The molecule has 0 fully saturated rings. The van der Waals surface area contributed by atoms with Crippen molar-refractivity contribution in [2.45, 2.75) is 26.9 Å². The molecule has 0 unspecified atom stereocenters. The molecule has 0 aliphatic rings. The van der Waals surface area contributed by atoms with E-state index in [2.05, 4.69) is 4.98 Å². The fourth-order valence-electron chi connectivity index (χ4n) is 2.59. The van der Waals surface area contributed by atoms with Gasteiger partial charge in [0.25, 0.3) is 5.56 Å². The fourth-order valence-corrected chi connectivity index (χ4v) is 3.58. The minimum atomic E-state index is -0.150. The van der Waals surface area contributed by atoms with Crippen molar-refractivity contribution in [1.29, 1.82) is 0 Å². The predicted octanol–water partition coefficient (Wildman–Crippen LogP) is 2.73. The summed E-state index contributed by atoms with van der Waals surface area (Å²) >= 11 is 1.51. The van der Waals surface area contributed by atoms with Gasteiger partial charge in [0.2, 0.25) is 5.91 Å². The molecule has 0 radical (unpaired) electrons. The molecule has 3 rings (SSSR count). The van der Waals surface area contributed by atoms with Gasteiger partial charge < -0.3 is 4.90 Å². The summed E-state index contributed by atoms with van der Waals surface area (Å²) in [6.07, 6.45) is 1.47. The Bertz CT molecular complexity index is 944. The number of thiophene rings is 1. The molecule has 0 spiro atoms. The van der Waals surface area contributed by atoms with E-state index in [0.29, 0.717) is 11.9 Å². The van der Waals surface area contributed by atoms with Crippen molar-refractivity contribution in [3.8, 4) is 0 Å². The van der Waals surface area contributed by atoms with Crippen LogP contribution in [0.4, 0.5) is 0 Å². The first-order chi connectivity index (χ1) is 11.5. The Kier molecular flexibility index (Phi) is 4.49. The summed E-state index contributed by atoms with van der Waals surface area (Å²) in [7, 11) is 1.74. The monoisotopic (exact) mass is 341 g/mol. The normalized spacial score (nSPS) is 11.0. The van der Waals surface area contributed by atoms with Gasteiger partial charge in [-0.2, -0.15) is 0 Å². The van der Waals surface area contributed by atoms with Gasteiger partial charge in [0.15, 0.2) is 0 Å². The van der Waals surface area contributed by atoms with Crippen molar-refractivity contribution in [2.24, 2.45) is 0 Å². The topological polar surface area (TPSA) is 55.2 Å². The van der Waals surface area contributed by atoms with E-state index in [4.69, 9.17) is 0 Å². The maximum absolute atomic E-state index is 12.6. The van der Waals surface area contributed by atoms with Crippen molar-refractivity contribution in [2.75, 3.05) is 7.05 Å². The minimum absolute atomic E-state index is 0.000554. The van der Waals surface area contributed by atoms with Crippen molar-refractivity contribution >= 4 is 27.5 Å². The van der Waals surface area contributed by atoms with Gasteiger partial charge >= 0.3 is 0 Å². The second-order valence-electron chi connectivity index (χ2n) is 5.88. The number of hydrogen-bond acceptors (Lipinski definition) is 4. The smallest absolute Gasteiger partial charge is 0.262 e.